The van der Waals surface area contributed by atoms with Gasteiger partial charge in [-0.2, -0.15) is 8.42 Å². The summed E-state index contributed by atoms with van der Waals surface area (Å²) in [4.78, 5) is 0.177. The number of hydrogen-bond acceptors (Lipinski definition) is 4. The van der Waals surface area contributed by atoms with E-state index in [1.807, 2.05) is 6.07 Å². The van der Waals surface area contributed by atoms with Crippen LogP contribution in [-0.4, -0.2) is 23.1 Å². The largest absolute Gasteiger partial charge is 0.543 e. The Morgan fingerprint density at radius 3 is 2.13 bits per heavy atom. The van der Waals surface area contributed by atoms with E-state index < -0.39 is 18.3 Å². The van der Waals surface area contributed by atoms with Crippen molar-refractivity contribution >= 4 is 30.4 Å². The van der Waals surface area contributed by atoms with Crippen LogP contribution >= 0.6 is 0 Å². The summed E-state index contributed by atoms with van der Waals surface area (Å²) in [6.07, 6.45) is 1.20. The lowest BCUT2D eigenvalue weighted by Gasteiger charge is -2.42. The first kappa shape index (κ1) is 18.0. The van der Waals surface area contributed by atoms with Crippen molar-refractivity contribution in [1.29, 1.82) is 0 Å². The molecule has 0 bridgehead atoms. The summed E-state index contributed by atoms with van der Waals surface area (Å²) in [5, 5.41) is 2.86. The average Bonchev–Trinajstić information content (AvgIpc) is 2.43. The second-order valence-electron chi connectivity index (χ2n) is 6.93. The second-order valence-corrected chi connectivity index (χ2v) is 13.9. The molecule has 0 amide bonds. The van der Waals surface area contributed by atoms with Crippen LogP contribution in [0.5, 0.6) is 5.75 Å². The highest BCUT2D eigenvalue weighted by Crippen LogP contribution is 2.43. The zero-order chi connectivity index (χ0) is 17.4. The van der Waals surface area contributed by atoms with Crippen LogP contribution in [0.4, 0.5) is 5.69 Å². The number of rotatable bonds is 5. The molecule has 1 aliphatic heterocycles. The number of anilines is 1. The van der Waals surface area contributed by atoms with E-state index in [4.69, 9.17) is 4.43 Å². The number of hydrogen-bond donors (Lipinski definition) is 1. The molecule has 0 atom stereocenters. The van der Waals surface area contributed by atoms with E-state index in [0.29, 0.717) is 28.1 Å². The molecular weight excluding hydrogens is 328 g/mol. The van der Waals surface area contributed by atoms with Gasteiger partial charge in [-0.25, -0.2) is 0 Å². The number of fused-ring (bicyclic) bond motifs is 1. The molecule has 128 valence electrons. The quantitative estimate of drug-likeness (QED) is 0.797. The van der Waals surface area contributed by atoms with Gasteiger partial charge in [-0.3, -0.25) is 0 Å². The van der Waals surface area contributed by atoms with Crippen LogP contribution in [0.15, 0.2) is 27.5 Å². The lowest BCUT2D eigenvalue weighted by molar-refractivity contribution is 0.478. The summed E-state index contributed by atoms with van der Waals surface area (Å²) < 4.78 is 34.3. The molecular formula is C16H26N2O3SSi. The van der Waals surface area contributed by atoms with E-state index in [2.05, 4.69) is 51.3 Å². The smallest absolute Gasteiger partial charge is 0.285 e. The summed E-state index contributed by atoms with van der Waals surface area (Å²) in [5.41, 5.74) is 1.81. The first-order chi connectivity index (χ1) is 10.6. The van der Waals surface area contributed by atoms with Crippen LogP contribution < -0.4 is 9.74 Å². The van der Waals surface area contributed by atoms with Crippen LogP contribution in [0, 0.1) is 0 Å². The third-order valence-electron chi connectivity index (χ3n) is 4.64. The molecule has 1 heterocycles. The van der Waals surface area contributed by atoms with Crippen molar-refractivity contribution in [2.45, 2.75) is 63.1 Å². The number of nitrogens with zero attached hydrogens (tertiary/aromatic N) is 1. The van der Waals surface area contributed by atoms with Gasteiger partial charge in [-0.15, -0.1) is 4.40 Å². The number of nitrogens with one attached hydrogen (secondary N) is 1. The Morgan fingerprint density at radius 2 is 1.61 bits per heavy atom. The lowest BCUT2D eigenvalue weighted by atomic mass is 10.3. The first-order valence-corrected chi connectivity index (χ1v) is 11.6. The number of sulfonamides is 1. The monoisotopic (exact) mass is 354 g/mol. The molecule has 0 radical (unpaired) electrons. The minimum absolute atomic E-state index is 0.177. The molecule has 0 saturated heterocycles. The average molecular weight is 355 g/mol. The van der Waals surface area contributed by atoms with Crippen LogP contribution in [0.3, 0.4) is 0 Å². The fourth-order valence-electron chi connectivity index (χ4n) is 3.68. The molecule has 0 saturated carbocycles. The molecule has 0 spiro atoms. The maximum Gasteiger partial charge on any atom is 0.285 e. The predicted molar refractivity (Wildman–Crippen MR) is 97.4 cm³/mol. The van der Waals surface area contributed by atoms with Crippen LogP contribution in [0.25, 0.3) is 0 Å². The van der Waals surface area contributed by atoms with Crippen molar-refractivity contribution in [2.75, 3.05) is 5.32 Å². The molecule has 1 aromatic rings. The molecule has 0 aromatic heterocycles. The van der Waals surface area contributed by atoms with Gasteiger partial charge in [0, 0.05) is 6.07 Å². The summed E-state index contributed by atoms with van der Waals surface area (Å²) in [7, 11) is -5.75. The predicted octanol–water partition coefficient (Wildman–Crippen LogP) is 4.38. The Balaban J connectivity index is 2.48. The molecule has 5 nitrogen and oxygen atoms in total. The second kappa shape index (κ2) is 6.28. The van der Waals surface area contributed by atoms with Crippen LogP contribution in [0.1, 0.15) is 41.5 Å². The zero-order valence-electron chi connectivity index (χ0n) is 14.6. The SMILES string of the molecule is CC(C)[Si](Oc1ccc2c(c1)S(=O)(=O)N=CN2)(C(C)C)C(C)C. The van der Waals surface area contributed by atoms with E-state index >= 15 is 0 Å². The Labute approximate surface area is 140 Å². The van der Waals surface area contributed by atoms with Gasteiger partial charge in [0.2, 0.25) is 0 Å². The third-order valence-corrected chi connectivity index (χ3v) is 11.9. The third kappa shape index (κ3) is 3.17. The van der Waals surface area contributed by atoms with Gasteiger partial charge in [0.05, 0.1) is 5.69 Å². The highest BCUT2D eigenvalue weighted by Gasteiger charge is 2.47. The summed E-state index contributed by atoms with van der Waals surface area (Å²) in [5.74, 6) is 0.619. The van der Waals surface area contributed by atoms with Crippen molar-refractivity contribution in [3.05, 3.63) is 18.2 Å². The normalized spacial score (nSPS) is 16.6. The standard InChI is InChI=1S/C16H26N2O3SSi/c1-11(2)23(12(3)4,13(5)6)21-14-7-8-15-16(9-14)22(19,20)18-10-17-15/h7-13H,1-6H3,(H,17,18). The highest BCUT2D eigenvalue weighted by atomic mass is 32.2. The van der Waals surface area contributed by atoms with Gasteiger partial charge in [0.25, 0.3) is 18.3 Å². The topological polar surface area (TPSA) is 67.8 Å². The van der Waals surface area contributed by atoms with Gasteiger partial charge in [-0.05, 0) is 28.8 Å². The summed E-state index contributed by atoms with van der Waals surface area (Å²) in [6.45, 7) is 13.2. The molecule has 0 unspecified atom stereocenters. The molecule has 1 N–H and O–H groups in total. The maximum atomic E-state index is 12.1. The summed E-state index contributed by atoms with van der Waals surface area (Å²) >= 11 is 0. The molecule has 23 heavy (non-hydrogen) atoms. The van der Waals surface area contributed by atoms with Crippen LogP contribution in [0.2, 0.25) is 16.6 Å². The lowest BCUT2D eigenvalue weighted by Crippen LogP contribution is -2.50. The molecule has 1 aliphatic rings. The molecule has 0 aliphatic carbocycles. The summed E-state index contributed by atoms with van der Waals surface area (Å²) in [6, 6.07) is 5.19. The Hall–Kier alpha value is -1.34. The van der Waals surface area contributed by atoms with Gasteiger partial charge in [-0.1, -0.05) is 41.5 Å². The van der Waals surface area contributed by atoms with E-state index in [1.54, 1.807) is 12.1 Å². The van der Waals surface area contributed by atoms with Gasteiger partial charge < -0.3 is 9.74 Å². The van der Waals surface area contributed by atoms with Crippen molar-refractivity contribution in [3.63, 3.8) is 0 Å². The van der Waals surface area contributed by atoms with Gasteiger partial charge >= 0.3 is 0 Å². The minimum atomic E-state index is -3.64. The highest BCUT2D eigenvalue weighted by molar-refractivity contribution is 7.90. The van der Waals surface area contributed by atoms with Gasteiger partial charge in [0.15, 0.2) is 0 Å². The molecule has 1 aromatic carbocycles. The molecule has 7 heteroatoms. The molecule has 0 fully saturated rings. The first-order valence-electron chi connectivity index (χ1n) is 7.99. The van der Waals surface area contributed by atoms with E-state index in [-0.39, 0.29) is 4.90 Å². The Kier molecular flexibility index (Phi) is 4.91. The van der Waals surface area contributed by atoms with E-state index in [9.17, 15) is 8.42 Å². The zero-order valence-corrected chi connectivity index (χ0v) is 16.4. The molecule has 2 rings (SSSR count). The van der Waals surface area contributed by atoms with Crippen molar-refractivity contribution in [1.82, 2.24) is 0 Å². The fraction of sp³-hybridized carbons (Fsp3) is 0.562. The van der Waals surface area contributed by atoms with Crippen molar-refractivity contribution in [3.8, 4) is 5.75 Å². The van der Waals surface area contributed by atoms with E-state index in [1.165, 1.54) is 6.34 Å². The Bertz CT molecular complexity index is 690. The van der Waals surface area contributed by atoms with Crippen molar-refractivity contribution < 1.29 is 12.8 Å². The maximum absolute atomic E-state index is 12.1. The minimum Gasteiger partial charge on any atom is -0.543 e. The Morgan fingerprint density at radius 1 is 1.04 bits per heavy atom. The van der Waals surface area contributed by atoms with Gasteiger partial charge in [0.1, 0.15) is 17.0 Å². The van der Waals surface area contributed by atoms with E-state index in [0.717, 1.165) is 0 Å². The van der Waals surface area contributed by atoms with Crippen molar-refractivity contribution in [2.24, 2.45) is 4.40 Å². The van der Waals surface area contributed by atoms with Crippen LogP contribution in [-0.2, 0) is 10.0 Å². The fourth-order valence-corrected chi connectivity index (χ4v) is 9.90. The number of benzene rings is 1.